The standard InChI is InChI=1S/C19H34N4O3S/c1-7-20-19(21-10-12-25-11-9-13(3)4)23-15(6)17-22-14(5)16(27-17)18(24)26-8-2/h13,15H,7-12H2,1-6H3,(H2,20,21,23). The van der Waals surface area contributed by atoms with Crippen molar-refractivity contribution in [1.82, 2.24) is 15.6 Å². The molecule has 2 N–H and O–H groups in total. The zero-order valence-corrected chi connectivity index (χ0v) is 18.2. The van der Waals surface area contributed by atoms with E-state index in [1.54, 1.807) is 6.92 Å². The van der Waals surface area contributed by atoms with Crippen LogP contribution < -0.4 is 10.6 Å². The molecule has 0 aliphatic carbocycles. The monoisotopic (exact) mass is 398 g/mol. The maximum absolute atomic E-state index is 12.0. The lowest BCUT2D eigenvalue weighted by Gasteiger charge is -2.16. The molecule has 0 fully saturated rings. The quantitative estimate of drug-likeness (QED) is 0.257. The zero-order valence-electron chi connectivity index (χ0n) is 17.4. The number of aromatic nitrogens is 1. The molecule has 0 saturated carbocycles. The summed E-state index contributed by atoms with van der Waals surface area (Å²) >= 11 is 1.36. The number of thiazole rings is 1. The highest BCUT2D eigenvalue weighted by Crippen LogP contribution is 2.24. The molecule has 0 bridgehead atoms. The van der Waals surface area contributed by atoms with Crippen LogP contribution in [0.3, 0.4) is 0 Å². The van der Waals surface area contributed by atoms with Crippen molar-refractivity contribution in [3.63, 3.8) is 0 Å². The van der Waals surface area contributed by atoms with Crippen molar-refractivity contribution in [2.75, 3.05) is 32.9 Å². The number of hydrogen-bond acceptors (Lipinski definition) is 6. The van der Waals surface area contributed by atoms with Gasteiger partial charge in [0, 0.05) is 13.2 Å². The van der Waals surface area contributed by atoms with Crippen LogP contribution in [0.2, 0.25) is 0 Å². The predicted molar refractivity (Wildman–Crippen MR) is 111 cm³/mol. The van der Waals surface area contributed by atoms with E-state index in [-0.39, 0.29) is 12.0 Å². The fraction of sp³-hybridized carbons (Fsp3) is 0.737. The molecule has 154 valence electrons. The Kier molecular flexibility index (Phi) is 11.0. The third-order valence-electron chi connectivity index (χ3n) is 3.69. The first kappa shape index (κ1) is 23.4. The third-order valence-corrected chi connectivity index (χ3v) is 5.01. The fourth-order valence-electron chi connectivity index (χ4n) is 2.22. The van der Waals surface area contributed by atoms with Crippen LogP contribution in [0.4, 0.5) is 0 Å². The summed E-state index contributed by atoms with van der Waals surface area (Å²) in [4.78, 5) is 21.6. The summed E-state index contributed by atoms with van der Waals surface area (Å²) in [6.07, 6.45) is 1.06. The molecule has 0 amide bonds. The first-order valence-electron chi connectivity index (χ1n) is 9.65. The summed E-state index contributed by atoms with van der Waals surface area (Å²) in [5.41, 5.74) is 0.697. The Morgan fingerprint density at radius 2 is 2.00 bits per heavy atom. The Balaban J connectivity index is 2.61. The van der Waals surface area contributed by atoms with Gasteiger partial charge in [-0.3, -0.25) is 4.99 Å². The van der Waals surface area contributed by atoms with Crippen molar-refractivity contribution in [3.8, 4) is 0 Å². The lowest BCUT2D eigenvalue weighted by atomic mass is 10.1. The number of hydrogen-bond donors (Lipinski definition) is 2. The maximum Gasteiger partial charge on any atom is 0.350 e. The van der Waals surface area contributed by atoms with E-state index >= 15 is 0 Å². The molecule has 0 aliphatic heterocycles. The molecule has 0 radical (unpaired) electrons. The highest BCUT2D eigenvalue weighted by molar-refractivity contribution is 7.13. The van der Waals surface area contributed by atoms with E-state index in [1.165, 1.54) is 11.3 Å². The van der Waals surface area contributed by atoms with Crippen molar-refractivity contribution in [1.29, 1.82) is 0 Å². The number of aryl methyl sites for hydroxylation is 1. The van der Waals surface area contributed by atoms with Crippen LogP contribution >= 0.6 is 11.3 Å². The van der Waals surface area contributed by atoms with Crippen LogP contribution in [-0.4, -0.2) is 49.8 Å². The Hall–Kier alpha value is -1.67. The first-order valence-corrected chi connectivity index (χ1v) is 10.5. The van der Waals surface area contributed by atoms with Crippen molar-refractivity contribution in [2.45, 2.75) is 54.0 Å². The molecule has 1 aromatic heterocycles. The molecule has 27 heavy (non-hydrogen) atoms. The summed E-state index contributed by atoms with van der Waals surface area (Å²) in [6.45, 7) is 15.1. The Morgan fingerprint density at radius 3 is 2.63 bits per heavy atom. The topological polar surface area (TPSA) is 84.8 Å². The van der Waals surface area contributed by atoms with Gasteiger partial charge in [0.25, 0.3) is 0 Å². The average molecular weight is 399 g/mol. The molecular formula is C19H34N4O3S. The molecule has 1 rings (SSSR count). The van der Waals surface area contributed by atoms with Crippen molar-refractivity contribution in [3.05, 3.63) is 15.6 Å². The van der Waals surface area contributed by atoms with Crippen LogP contribution in [0.15, 0.2) is 4.99 Å². The van der Waals surface area contributed by atoms with Gasteiger partial charge in [-0.25, -0.2) is 9.78 Å². The predicted octanol–water partition coefficient (Wildman–Crippen LogP) is 3.31. The lowest BCUT2D eigenvalue weighted by molar-refractivity contribution is 0.0531. The smallest absolute Gasteiger partial charge is 0.350 e. The van der Waals surface area contributed by atoms with Gasteiger partial charge >= 0.3 is 5.97 Å². The number of carbonyl (C=O) groups excluding carboxylic acids is 1. The molecule has 0 aromatic carbocycles. The number of nitrogens with zero attached hydrogens (tertiary/aromatic N) is 2. The van der Waals surface area contributed by atoms with E-state index in [0.29, 0.717) is 42.2 Å². The number of aliphatic imine (C=N–C) groups is 1. The molecule has 1 heterocycles. The second kappa shape index (κ2) is 12.7. The van der Waals surface area contributed by atoms with E-state index in [2.05, 4.69) is 34.5 Å². The third kappa shape index (κ3) is 8.71. The number of esters is 1. The summed E-state index contributed by atoms with van der Waals surface area (Å²) < 4.78 is 10.7. The largest absolute Gasteiger partial charge is 0.462 e. The second-order valence-corrected chi connectivity index (χ2v) is 7.64. The van der Waals surface area contributed by atoms with E-state index in [0.717, 1.165) is 24.6 Å². The van der Waals surface area contributed by atoms with Gasteiger partial charge in [-0.2, -0.15) is 0 Å². The maximum atomic E-state index is 12.0. The number of carbonyl (C=O) groups is 1. The molecule has 1 aromatic rings. The van der Waals surface area contributed by atoms with Gasteiger partial charge in [0.2, 0.25) is 0 Å². The molecule has 8 heteroatoms. The van der Waals surface area contributed by atoms with Crippen LogP contribution in [-0.2, 0) is 9.47 Å². The average Bonchev–Trinajstić information content (AvgIpc) is 3.00. The number of ether oxygens (including phenoxy) is 2. The molecule has 0 spiro atoms. The lowest BCUT2D eigenvalue weighted by Crippen LogP contribution is -2.39. The molecule has 7 nitrogen and oxygen atoms in total. The van der Waals surface area contributed by atoms with Crippen LogP contribution in [0.5, 0.6) is 0 Å². The van der Waals surface area contributed by atoms with E-state index in [1.807, 2.05) is 20.8 Å². The molecule has 1 atom stereocenters. The number of rotatable bonds is 11. The number of nitrogens with one attached hydrogen (secondary N) is 2. The molecule has 0 aliphatic rings. The Labute approximate surface area is 167 Å². The van der Waals surface area contributed by atoms with Crippen LogP contribution in [0.1, 0.15) is 67.5 Å². The van der Waals surface area contributed by atoms with Crippen LogP contribution in [0.25, 0.3) is 0 Å². The van der Waals surface area contributed by atoms with E-state index < -0.39 is 0 Å². The normalized spacial score (nSPS) is 12.9. The van der Waals surface area contributed by atoms with Gasteiger partial charge in [-0.05, 0) is 40.0 Å². The fourth-order valence-corrected chi connectivity index (χ4v) is 3.18. The van der Waals surface area contributed by atoms with Crippen molar-refractivity contribution < 1.29 is 14.3 Å². The number of guanidine groups is 1. The van der Waals surface area contributed by atoms with Gasteiger partial charge in [0.05, 0.1) is 31.5 Å². The van der Waals surface area contributed by atoms with Gasteiger partial charge in [-0.1, -0.05) is 13.8 Å². The van der Waals surface area contributed by atoms with E-state index in [9.17, 15) is 4.79 Å². The summed E-state index contributed by atoms with van der Waals surface area (Å²) in [5, 5.41) is 7.39. The Morgan fingerprint density at radius 1 is 1.26 bits per heavy atom. The van der Waals surface area contributed by atoms with Gasteiger partial charge in [-0.15, -0.1) is 11.3 Å². The van der Waals surface area contributed by atoms with Gasteiger partial charge in [0.15, 0.2) is 5.96 Å². The minimum Gasteiger partial charge on any atom is -0.462 e. The zero-order chi connectivity index (χ0) is 20.2. The first-order chi connectivity index (χ1) is 12.9. The van der Waals surface area contributed by atoms with Crippen molar-refractivity contribution in [2.24, 2.45) is 10.9 Å². The van der Waals surface area contributed by atoms with Gasteiger partial charge in [0.1, 0.15) is 9.88 Å². The summed E-state index contributed by atoms with van der Waals surface area (Å²) in [7, 11) is 0. The minimum absolute atomic E-state index is 0.0727. The highest BCUT2D eigenvalue weighted by atomic mass is 32.1. The molecule has 0 saturated heterocycles. The van der Waals surface area contributed by atoms with E-state index in [4.69, 9.17) is 9.47 Å². The summed E-state index contributed by atoms with van der Waals surface area (Å²) in [6, 6.07) is -0.0727. The SMILES string of the molecule is CCNC(=NCCOCCC(C)C)NC(C)c1nc(C)c(C(=O)OCC)s1. The summed E-state index contributed by atoms with van der Waals surface area (Å²) in [5.74, 6) is 1.04. The Bertz CT molecular complexity index is 602. The molecule has 1 unspecified atom stereocenters. The van der Waals surface area contributed by atoms with Crippen molar-refractivity contribution >= 4 is 23.3 Å². The highest BCUT2D eigenvalue weighted by Gasteiger charge is 2.20. The second-order valence-electron chi connectivity index (χ2n) is 6.61. The molecular weight excluding hydrogens is 364 g/mol. The van der Waals surface area contributed by atoms with Crippen LogP contribution in [0, 0.1) is 12.8 Å². The minimum atomic E-state index is -0.315. The van der Waals surface area contributed by atoms with Gasteiger partial charge < -0.3 is 20.1 Å².